The van der Waals surface area contributed by atoms with Gasteiger partial charge in [-0.05, 0) is 19.3 Å². The van der Waals surface area contributed by atoms with Crippen molar-refractivity contribution in [3.63, 3.8) is 0 Å². The summed E-state index contributed by atoms with van der Waals surface area (Å²) < 4.78 is 37.8. The van der Waals surface area contributed by atoms with Crippen molar-refractivity contribution in [1.29, 1.82) is 0 Å². The summed E-state index contributed by atoms with van der Waals surface area (Å²) in [6, 6.07) is 0. The summed E-state index contributed by atoms with van der Waals surface area (Å²) in [7, 11) is 0. The molecule has 1 N–H and O–H groups in total. The molecule has 0 unspecified atom stereocenters. The number of aliphatic carboxylic acids is 1. The normalized spacial score (nSPS) is 11.0. The van der Waals surface area contributed by atoms with E-state index in [0.717, 1.165) is 0 Å². The number of hydrogen-bond donors (Lipinski definition) is 1. The third kappa shape index (κ3) is 4.61. The van der Waals surface area contributed by atoms with Crippen LogP contribution in [-0.4, -0.2) is 37.0 Å². The van der Waals surface area contributed by atoms with Crippen molar-refractivity contribution < 1.29 is 27.9 Å². The average molecular weight is 252 g/mol. The molecule has 0 saturated heterocycles. The molecule has 0 aromatic carbocycles. The maximum atomic E-state index is 12.6. The van der Waals surface area contributed by atoms with Gasteiger partial charge in [-0.3, -0.25) is 4.79 Å². The van der Waals surface area contributed by atoms with Crippen LogP contribution in [0.3, 0.4) is 0 Å². The number of carboxylic acid groups (broad SMARTS) is 1. The molecule has 0 saturated carbocycles. The SMILES string of the molecule is O=C=C(CCCCC(=O)O)C(CF)(CF)CF. The molecule has 0 aliphatic carbocycles. The highest BCUT2D eigenvalue weighted by Gasteiger charge is 2.36. The largest absolute Gasteiger partial charge is 0.481 e. The van der Waals surface area contributed by atoms with Crippen molar-refractivity contribution in [1.82, 2.24) is 0 Å². The molecule has 0 atom stereocenters. The lowest BCUT2D eigenvalue weighted by Crippen LogP contribution is -2.31. The average Bonchev–Trinajstić information content (AvgIpc) is 2.33. The summed E-state index contributed by atoms with van der Waals surface area (Å²) in [5.74, 6) is 0.392. The van der Waals surface area contributed by atoms with Gasteiger partial charge in [0.15, 0.2) is 0 Å². The van der Waals surface area contributed by atoms with Crippen LogP contribution >= 0.6 is 0 Å². The predicted molar refractivity (Wildman–Crippen MR) is 55.7 cm³/mol. The van der Waals surface area contributed by atoms with Gasteiger partial charge in [0, 0.05) is 12.0 Å². The van der Waals surface area contributed by atoms with Crippen LogP contribution in [0.25, 0.3) is 0 Å². The summed E-state index contributed by atoms with van der Waals surface area (Å²) in [4.78, 5) is 20.8. The van der Waals surface area contributed by atoms with Gasteiger partial charge in [-0.25, -0.2) is 18.0 Å². The van der Waals surface area contributed by atoms with Crippen LogP contribution < -0.4 is 0 Å². The quantitative estimate of drug-likeness (QED) is 0.506. The molecular formula is C11H15F3O3. The molecule has 0 aromatic rings. The molecule has 0 radical (unpaired) electrons. The summed E-state index contributed by atoms with van der Waals surface area (Å²) in [6.45, 7) is -3.91. The molecule has 0 aromatic heterocycles. The Bertz CT molecular complexity index is 286. The fraction of sp³-hybridized carbons (Fsp3) is 0.727. The van der Waals surface area contributed by atoms with Gasteiger partial charge in [-0.2, -0.15) is 0 Å². The van der Waals surface area contributed by atoms with E-state index in [1.165, 1.54) is 5.94 Å². The molecule has 0 aliphatic heterocycles. The Kier molecular flexibility index (Phi) is 7.30. The molecule has 0 amide bonds. The first-order valence-corrected chi connectivity index (χ1v) is 5.20. The minimum absolute atomic E-state index is 0.0332. The monoisotopic (exact) mass is 252 g/mol. The molecule has 3 nitrogen and oxygen atoms in total. The lowest BCUT2D eigenvalue weighted by atomic mass is 9.82. The zero-order valence-electron chi connectivity index (χ0n) is 9.35. The van der Waals surface area contributed by atoms with Gasteiger partial charge in [0.1, 0.15) is 26.0 Å². The fourth-order valence-electron chi connectivity index (χ4n) is 1.35. The zero-order chi connectivity index (χ0) is 13.3. The number of rotatable bonds is 9. The number of unbranched alkanes of at least 4 members (excludes halogenated alkanes) is 1. The van der Waals surface area contributed by atoms with E-state index in [9.17, 15) is 22.8 Å². The topological polar surface area (TPSA) is 54.4 Å². The van der Waals surface area contributed by atoms with Crippen molar-refractivity contribution in [3.05, 3.63) is 5.57 Å². The van der Waals surface area contributed by atoms with Crippen molar-refractivity contribution in [2.45, 2.75) is 25.7 Å². The van der Waals surface area contributed by atoms with Crippen LogP contribution in [0.5, 0.6) is 0 Å². The van der Waals surface area contributed by atoms with E-state index in [4.69, 9.17) is 5.11 Å². The Morgan fingerprint density at radius 2 is 1.53 bits per heavy atom. The predicted octanol–water partition coefficient (Wildman–Crippen LogP) is 2.28. The van der Waals surface area contributed by atoms with Crippen LogP contribution in [0.4, 0.5) is 13.2 Å². The zero-order valence-corrected chi connectivity index (χ0v) is 9.35. The third-order valence-corrected chi connectivity index (χ3v) is 2.60. The summed E-state index contributed by atoms with van der Waals surface area (Å²) in [5, 5.41) is 8.37. The molecule has 98 valence electrons. The van der Waals surface area contributed by atoms with Crippen molar-refractivity contribution >= 4 is 11.9 Å². The molecule has 0 rings (SSSR count). The maximum absolute atomic E-state index is 12.6. The molecule has 6 heteroatoms. The molecule has 0 spiro atoms. The Labute approximate surface area is 97.3 Å². The van der Waals surface area contributed by atoms with Crippen molar-refractivity contribution in [2.75, 3.05) is 20.0 Å². The van der Waals surface area contributed by atoms with Crippen molar-refractivity contribution in [3.8, 4) is 0 Å². The van der Waals surface area contributed by atoms with Gasteiger partial charge < -0.3 is 5.11 Å². The lowest BCUT2D eigenvalue weighted by Gasteiger charge is -2.24. The molecule has 17 heavy (non-hydrogen) atoms. The van der Waals surface area contributed by atoms with E-state index in [0.29, 0.717) is 0 Å². The van der Waals surface area contributed by atoms with E-state index in [1.54, 1.807) is 0 Å². The Morgan fingerprint density at radius 1 is 1.06 bits per heavy atom. The number of alkyl halides is 3. The minimum Gasteiger partial charge on any atom is -0.481 e. The van der Waals surface area contributed by atoms with Gasteiger partial charge >= 0.3 is 5.97 Å². The van der Waals surface area contributed by atoms with E-state index in [-0.39, 0.29) is 31.3 Å². The number of halogens is 3. The third-order valence-electron chi connectivity index (χ3n) is 2.60. The lowest BCUT2D eigenvalue weighted by molar-refractivity contribution is -0.137. The Morgan fingerprint density at radius 3 is 1.88 bits per heavy atom. The van der Waals surface area contributed by atoms with Crippen molar-refractivity contribution in [2.24, 2.45) is 5.41 Å². The van der Waals surface area contributed by atoms with Gasteiger partial charge in [0.05, 0.1) is 5.41 Å². The Balaban J connectivity index is 4.42. The number of carbonyl (C=O) groups excluding carboxylic acids is 1. The molecule has 0 heterocycles. The maximum Gasteiger partial charge on any atom is 0.303 e. The van der Waals surface area contributed by atoms with Crippen LogP contribution in [0.15, 0.2) is 5.57 Å². The standard InChI is InChI=1S/C11H15F3O3/c12-6-11(7-13,8-14)9(5-15)3-1-2-4-10(16)17/h1-4,6-8H2,(H,16,17). The van der Waals surface area contributed by atoms with E-state index in [1.807, 2.05) is 0 Å². The second kappa shape index (κ2) is 7.90. The summed E-state index contributed by atoms with van der Waals surface area (Å²) >= 11 is 0. The molecule has 0 bridgehead atoms. The number of hydrogen-bond acceptors (Lipinski definition) is 2. The first kappa shape index (κ1) is 15.7. The Hall–Kier alpha value is -1.29. The minimum atomic E-state index is -2.02. The first-order valence-electron chi connectivity index (χ1n) is 5.20. The van der Waals surface area contributed by atoms with Crippen LogP contribution in [0, 0.1) is 5.41 Å². The number of carbonyl (C=O) groups is 1. The summed E-state index contributed by atoms with van der Waals surface area (Å²) in [5.41, 5.74) is -2.30. The first-order chi connectivity index (χ1) is 8.06. The highest BCUT2D eigenvalue weighted by Crippen LogP contribution is 2.31. The number of allylic oxidation sites excluding steroid dienone is 1. The van der Waals surface area contributed by atoms with E-state index in [2.05, 4.69) is 0 Å². The van der Waals surface area contributed by atoms with Gasteiger partial charge in [0.25, 0.3) is 0 Å². The second-order valence-electron chi connectivity index (χ2n) is 3.86. The molecular weight excluding hydrogens is 237 g/mol. The summed E-state index contributed by atoms with van der Waals surface area (Å²) in [6.07, 6.45) is 0.397. The van der Waals surface area contributed by atoms with Gasteiger partial charge in [-0.1, -0.05) is 0 Å². The van der Waals surface area contributed by atoms with Crippen LogP contribution in [0.2, 0.25) is 0 Å². The molecule has 0 fully saturated rings. The smallest absolute Gasteiger partial charge is 0.303 e. The van der Waals surface area contributed by atoms with Gasteiger partial charge in [-0.15, -0.1) is 0 Å². The van der Waals surface area contributed by atoms with E-state index < -0.39 is 31.4 Å². The van der Waals surface area contributed by atoms with E-state index >= 15 is 0 Å². The molecule has 0 aliphatic rings. The second-order valence-corrected chi connectivity index (χ2v) is 3.86. The highest BCUT2D eigenvalue weighted by molar-refractivity contribution is 5.66. The van der Waals surface area contributed by atoms with Gasteiger partial charge in [0.2, 0.25) is 0 Å². The highest BCUT2D eigenvalue weighted by atomic mass is 19.1. The number of carboxylic acids is 1. The van der Waals surface area contributed by atoms with Crippen LogP contribution in [0.1, 0.15) is 25.7 Å². The fourth-order valence-corrected chi connectivity index (χ4v) is 1.35. The van der Waals surface area contributed by atoms with Crippen LogP contribution in [-0.2, 0) is 9.59 Å².